The number of hydrogen-bond acceptors (Lipinski definition) is 5. The molecule has 0 heterocycles. The van der Waals surface area contributed by atoms with E-state index in [1.165, 1.54) is 74.5 Å². The largest absolute Gasteiger partial charge is 0.460 e. The minimum Gasteiger partial charge on any atom is -0.460 e. The molecule has 1 aromatic rings. The summed E-state index contributed by atoms with van der Waals surface area (Å²) in [7, 11) is 0. The van der Waals surface area contributed by atoms with E-state index < -0.39 is 23.7 Å². The maximum Gasteiger partial charge on any atom is 0.315 e. The number of carbonyl (C=O) groups excluding carboxylic acids is 1. The smallest absolute Gasteiger partial charge is 0.315 e. The number of alkyl halides is 1. The number of fused-ring (bicyclic) bond motifs is 7. The Balaban J connectivity index is 0.000000537. The minimum absolute atomic E-state index is 0.0315. The van der Waals surface area contributed by atoms with E-state index in [1.807, 2.05) is 37.3 Å². The summed E-state index contributed by atoms with van der Waals surface area (Å²) < 4.78 is 20.4. The molecule has 6 heteroatoms. The summed E-state index contributed by atoms with van der Waals surface area (Å²) in [6, 6.07) is 9.71. The van der Waals surface area contributed by atoms with Crippen LogP contribution >= 0.6 is 0 Å². The van der Waals surface area contributed by atoms with Gasteiger partial charge in [-0.3, -0.25) is 4.79 Å². The van der Waals surface area contributed by atoms with Crippen molar-refractivity contribution < 1.29 is 24.1 Å². The van der Waals surface area contributed by atoms with E-state index in [-0.39, 0.29) is 23.5 Å². The Kier molecular flexibility index (Phi) is 13.0. The summed E-state index contributed by atoms with van der Waals surface area (Å²) in [6.45, 7) is 24.9. The highest BCUT2D eigenvalue weighted by molar-refractivity contribution is 5.78. The van der Waals surface area contributed by atoms with Gasteiger partial charge >= 0.3 is 5.97 Å². The van der Waals surface area contributed by atoms with Gasteiger partial charge in [0.25, 0.3) is 0 Å². The number of allylic oxidation sites excluding steroid dienone is 5. The Hall–Kier alpha value is -2.28. The van der Waals surface area contributed by atoms with Crippen LogP contribution in [0.2, 0.25) is 0 Å². The number of nitrogens with one attached hydrogen (secondary N) is 1. The molecule has 7 aliphatic carbocycles. The fourth-order valence-corrected chi connectivity index (χ4v) is 15.6. The number of aliphatic hydroxyl groups excluding tert-OH is 1. The number of esters is 1. The van der Waals surface area contributed by atoms with Gasteiger partial charge < -0.3 is 20.3 Å². The molecule has 0 radical (unpaired) electrons. The fraction of sp³-hybridized carbons (Fsp3) is 0.759. The second-order valence-corrected chi connectivity index (χ2v) is 22.9. The maximum absolute atomic E-state index is 14.7. The van der Waals surface area contributed by atoms with Crippen LogP contribution in [0.3, 0.4) is 0 Å². The lowest BCUT2D eigenvalue weighted by molar-refractivity contribution is -0.221. The molecule has 0 unspecified atom stereocenters. The summed E-state index contributed by atoms with van der Waals surface area (Å²) in [5.74, 6) is 3.04. The van der Waals surface area contributed by atoms with Gasteiger partial charge in [0.2, 0.25) is 0 Å². The van der Waals surface area contributed by atoms with Crippen LogP contribution in [0.5, 0.6) is 0 Å². The first-order valence-electron chi connectivity index (χ1n) is 24.3. The number of benzene rings is 1. The summed E-state index contributed by atoms with van der Waals surface area (Å²) in [6.07, 6.45) is 22.3. The standard InChI is InChI=1S/C47H68FNO2.C7H14O2/c1-9-29-49-47-26-19-35(32(2)3)40(47)37-15-16-39-43(6)22-20-36(42(4,5)38(43)21-23-45(39,8)44(37,7)27-28-47)34-17-24-46(31-48,25-18-34)41(50)51-30-33-13-11-10-12-14-33;1-7(9)4-2-6(8)3-5-7/h10-14,17,20,35,37-40,49H,2,9,15-16,18-19,21-31H2,1,3-8H3;6,8-9H,2-5H2,1H3/t35-,37+,38-,39+,40+,43-,44+,45+,46-,47-;/m0./s1. The first-order chi connectivity index (χ1) is 28.3. The van der Waals surface area contributed by atoms with Gasteiger partial charge in [-0.05, 0) is 198 Å². The van der Waals surface area contributed by atoms with E-state index in [2.05, 4.69) is 72.5 Å². The van der Waals surface area contributed by atoms with Crippen LogP contribution in [0.1, 0.15) is 170 Å². The Morgan fingerprint density at radius 1 is 0.850 bits per heavy atom. The first-order valence-corrected chi connectivity index (χ1v) is 24.3. The number of carbonyl (C=O) groups is 1. The highest BCUT2D eigenvalue weighted by Gasteiger charge is 2.70. The van der Waals surface area contributed by atoms with Crippen LogP contribution in [-0.4, -0.2) is 46.6 Å². The van der Waals surface area contributed by atoms with Crippen LogP contribution in [-0.2, 0) is 16.1 Å². The molecule has 5 nitrogen and oxygen atoms in total. The van der Waals surface area contributed by atoms with E-state index in [4.69, 9.17) is 9.84 Å². The average molecular weight is 828 g/mol. The second kappa shape index (κ2) is 17.0. The van der Waals surface area contributed by atoms with Gasteiger partial charge in [-0.1, -0.05) is 96.2 Å². The molecule has 0 aliphatic heterocycles. The van der Waals surface area contributed by atoms with Crippen LogP contribution in [0.15, 0.2) is 65.8 Å². The van der Waals surface area contributed by atoms with Crippen molar-refractivity contribution in [2.24, 2.45) is 56.7 Å². The van der Waals surface area contributed by atoms with Crippen molar-refractivity contribution in [1.29, 1.82) is 0 Å². The van der Waals surface area contributed by atoms with Gasteiger partial charge in [0.15, 0.2) is 0 Å². The molecule has 10 atom stereocenters. The summed E-state index contributed by atoms with van der Waals surface area (Å²) in [5, 5.41) is 22.6. The molecular formula is C54H82FNO4. The molecule has 334 valence electrons. The molecule has 5 fully saturated rings. The van der Waals surface area contributed by atoms with E-state index in [1.54, 1.807) is 0 Å². The third-order valence-electron chi connectivity index (χ3n) is 19.3. The van der Waals surface area contributed by atoms with Crippen LogP contribution in [0.25, 0.3) is 0 Å². The number of rotatable bonds is 9. The van der Waals surface area contributed by atoms with Crippen molar-refractivity contribution >= 4 is 5.97 Å². The quantitative estimate of drug-likeness (QED) is 0.171. The molecule has 0 aromatic heterocycles. The molecule has 60 heavy (non-hydrogen) atoms. The van der Waals surface area contributed by atoms with Crippen molar-refractivity contribution in [1.82, 2.24) is 5.32 Å². The molecule has 3 N–H and O–H groups in total. The monoisotopic (exact) mass is 828 g/mol. The zero-order chi connectivity index (χ0) is 43.4. The number of halogens is 1. The zero-order valence-electron chi connectivity index (χ0n) is 38.9. The maximum atomic E-state index is 14.7. The lowest BCUT2D eigenvalue weighted by Crippen LogP contribution is -2.68. The lowest BCUT2D eigenvalue weighted by Gasteiger charge is -2.72. The number of aliphatic hydroxyl groups is 2. The van der Waals surface area contributed by atoms with E-state index >= 15 is 0 Å². The molecular weight excluding hydrogens is 746 g/mol. The van der Waals surface area contributed by atoms with Gasteiger partial charge in [0.05, 0.1) is 17.1 Å². The topological polar surface area (TPSA) is 78.8 Å². The van der Waals surface area contributed by atoms with Gasteiger partial charge in [-0.2, -0.15) is 0 Å². The molecule has 0 spiro atoms. The SMILES string of the molecule is C=C(C)[C@@H]1CC[C@]2(NCCC)CC[C@]3(C)[C@H](CC[C@@H]4[C@@]5(C)CC=C(C6=CC[C@](CF)(C(=O)OCc7ccccc7)CC6)C(C)(C)[C@@H]5CC[C@]43C)[C@@H]12.CC1(O)CCC(O)CC1. The van der Waals surface area contributed by atoms with Crippen LogP contribution < -0.4 is 5.32 Å². The van der Waals surface area contributed by atoms with Crippen LogP contribution in [0.4, 0.5) is 4.39 Å². The molecule has 0 saturated heterocycles. The second-order valence-electron chi connectivity index (χ2n) is 22.9. The predicted molar refractivity (Wildman–Crippen MR) is 243 cm³/mol. The highest BCUT2D eigenvalue weighted by Crippen LogP contribution is 2.76. The molecule has 0 amide bonds. The van der Waals surface area contributed by atoms with Crippen molar-refractivity contribution in [3.05, 3.63) is 71.3 Å². The molecule has 5 saturated carbocycles. The third kappa shape index (κ3) is 7.86. The summed E-state index contributed by atoms with van der Waals surface area (Å²) in [4.78, 5) is 13.3. The van der Waals surface area contributed by atoms with Crippen molar-refractivity contribution in [3.8, 4) is 0 Å². The molecule has 1 aromatic carbocycles. The Morgan fingerprint density at radius 3 is 2.18 bits per heavy atom. The van der Waals surface area contributed by atoms with E-state index in [0.29, 0.717) is 52.9 Å². The van der Waals surface area contributed by atoms with Crippen molar-refractivity contribution in [2.75, 3.05) is 13.2 Å². The number of ether oxygens (including phenoxy) is 1. The lowest BCUT2D eigenvalue weighted by atomic mass is 9.33. The van der Waals surface area contributed by atoms with Gasteiger partial charge in [-0.25, -0.2) is 4.39 Å². The van der Waals surface area contributed by atoms with Gasteiger partial charge in [0, 0.05) is 5.54 Å². The van der Waals surface area contributed by atoms with E-state index in [0.717, 1.165) is 56.6 Å². The normalized spacial score (nSPS) is 43.0. The summed E-state index contributed by atoms with van der Waals surface area (Å²) >= 11 is 0. The van der Waals surface area contributed by atoms with Gasteiger partial charge in [0.1, 0.15) is 13.3 Å². The van der Waals surface area contributed by atoms with Crippen molar-refractivity contribution in [3.63, 3.8) is 0 Å². The zero-order valence-corrected chi connectivity index (χ0v) is 38.9. The molecule has 8 rings (SSSR count). The van der Waals surface area contributed by atoms with Crippen LogP contribution in [0, 0.1) is 56.7 Å². The van der Waals surface area contributed by atoms with E-state index in [9.17, 15) is 14.3 Å². The first kappa shape index (κ1) is 45.7. The van der Waals surface area contributed by atoms with Crippen molar-refractivity contribution in [2.45, 2.75) is 188 Å². The summed E-state index contributed by atoms with van der Waals surface area (Å²) in [5.41, 5.74) is 4.86. The average Bonchev–Trinajstić information content (AvgIpc) is 3.61. The molecule has 0 bridgehead atoms. The fourth-order valence-electron chi connectivity index (χ4n) is 15.6. The minimum atomic E-state index is -1.07. The Morgan fingerprint density at radius 2 is 1.57 bits per heavy atom. The molecule has 7 aliphatic rings. The van der Waals surface area contributed by atoms with Gasteiger partial charge in [-0.15, -0.1) is 0 Å². The highest BCUT2D eigenvalue weighted by atomic mass is 19.1. The number of hydrogen-bond donors (Lipinski definition) is 3. The Bertz CT molecular complexity index is 1770. The Labute approximate surface area is 363 Å². The third-order valence-corrected chi connectivity index (χ3v) is 19.3. The predicted octanol–water partition coefficient (Wildman–Crippen LogP) is 12.4.